The molecule has 1 N–H and O–H groups in total. The minimum Gasteiger partial charge on any atom is -0.342 e. The number of amides is 3. The van der Waals surface area contributed by atoms with Gasteiger partial charge in [-0.05, 0) is 45.6 Å². The van der Waals surface area contributed by atoms with Crippen molar-refractivity contribution in [1.29, 1.82) is 0 Å². The van der Waals surface area contributed by atoms with Crippen molar-refractivity contribution in [2.24, 2.45) is 5.92 Å². The van der Waals surface area contributed by atoms with Crippen molar-refractivity contribution in [2.75, 3.05) is 59.4 Å². The Hall–Kier alpha value is -1.34. The van der Waals surface area contributed by atoms with Gasteiger partial charge >= 0.3 is 6.03 Å². The highest BCUT2D eigenvalue weighted by molar-refractivity contribution is 5.81. The lowest BCUT2D eigenvalue weighted by Gasteiger charge is -2.43. The van der Waals surface area contributed by atoms with E-state index < -0.39 is 0 Å². The standard InChI is InChI=1S/C22H39N5O2/c1-24-13-15-25(16-14-24)20-8-11-26(12-9-20)21(28)18-5-4-10-27(17-18)22(29)23-19-6-2-3-7-19/h18-20H,2-17H2,1H3,(H,23,29). The monoisotopic (exact) mass is 405 g/mol. The highest BCUT2D eigenvalue weighted by atomic mass is 16.2. The molecule has 0 aromatic rings. The molecule has 29 heavy (non-hydrogen) atoms. The molecule has 3 saturated heterocycles. The molecule has 3 heterocycles. The van der Waals surface area contributed by atoms with E-state index in [2.05, 4.69) is 27.1 Å². The highest BCUT2D eigenvalue weighted by Crippen LogP contribution is 2.24. The van der Waals surface area contributed by atoms with E-state index in [4.69, 9.17) is 0 Å². The third-order valence-corrected chi connectivity index (χ3v) is 7.57. The average molecular weight is 406 g/mol. The van der Waals surface area contributed by atoms with Gasteiger partial charge in [-0.25, -0.2) is 4.79 Å². The summed E-state index contributed by atoms with van der Waals surface area (Å²) in [6.07, 6.45) is 8.68. The number of urea groups is 1. The second kappa shape index (κ2) is 9.65. The largest absolute Gasteiger partial charge is 0.342 e. The molecule has 1 aliphatic carbocycles. The molecular weight excluding hydrogens is 366 g/mol. The van der Waals surface area contributed by atoms with Gasteiger partial charge < -0.3 is 20.0 Å². The molecule has 4 fully saturated rings. The number of rotatable bonds is 3. The van der Waals surface area contributed by atoms with E-state index in [9.17, 15) is 9.59 Å². The van der Waals surface area contributed by atoms with E-state index in [1.165, 1.54) is 12.8 Å². The van der Waals surface area contributed by atoms with Gasteiger partial charge in [0.25, 0.3) is 0 Å². The third kappa shape index (κ3) is 5.23. The highest BCUT2D eigenvalue weighted by Gasteiger charge is 2.34. The first-order chi connectivity index (χ1) is 14.1. The molecule has 1 saturated carbocycles. The molecule has 3 amide bonds. The van der Waals surface area contributed by atoms with Gasteiger partial charge in [0.05, 0.1) is 5.92 Å². The molecule has 1 unspecified atom stereocenters. The number of hydrogen-bond acceptors (Lipinski definition) is 4. The molecule has 0 spiro atoms. The normalized spacial score (nSPS) is 28.7. The quantitative estimate of drug-likeness (QED) is 0.775. The Morgan fingerprint density at radius 3 is 2.14 bits per heavy atom. The van der Waals surface area contributed by atoms with Crippen molar-refractivity contribution >= 4 is 11.9 Å². The van der Waals surface area contributed by atoms with Gasteiger partial charge in [-0.1, -0.05) is 12.8 Å². The zero-order valence-corrected chi connectivity index (χ0v) is 18.2. The second-order valence-electron chi connectivity index (χ2n) is 9.61. The van der Waals surface area contributed by atoms with Gasteiger partial charge in [0.2, 0.25) is 5.91 Å². The number of likely N-dealkylation sites (tertiary alicyclic amines) is 2. The van der Waals surface area contributed by atoms with Crippen LogP contribution in [0.2, 0.25) is 0 Å². The summed E-state index contributed by atoms with van der Waals surface area (Å²) in [6, 6.07) is 1.02. The number of piperidine rings is 2. The molecule has 7 heteroatoms. The van der Waals surface area contributed by atoms with E-state index >= 15 is 0 Å². The lowest BCUT2D eigenvalue weighted by atomic mass is 9.94. The molecule has 164 valence electrons. The number of carbonyl (C=O) groups excluding carboxylic acids is 2. The second-order valence-corrected chi connectivity index (χ2v) is 9.61. The Balaban J connectivity index is 1.23. The number of carbonyl (C=O) groups is 2. The molecule has 0 radical (unpaired) electrons. The van der Waals surface area contributed by atoms with Crippen LogP contribution in [0.1, 0.15) is 51.4 Å². The maximum atomic E-state index is 13.1. The zero-order chi connectivity index (χ0) is 20.2. The zero-order valence-electron chi connectivity index (χ0n) is 18.2. The van der Waals surface area contributed by atoms with Crippen molar-refractivity contribution in [3.8, 4) is 0 Å². The van der Waals surface area contributed by atoms with Crippen LogP contribution in [0, 0.1) is 5.92 Å². The molecule has 0 aromatic carbocycles. The first-order valence-electron chi connectivity index (χ1n) is 11.9. The molecular formula is C22H39N5O2. The molecule has 0 bridgehead atoms. The smallest absolute Gasteiger partial charge is 0.317 e. The van der Waals surface area contributed by atoms with Gasteiger partial charge in [0.1, 0.15) is 0 Å². The van der Waals surface area contributed by atoms with E-state index in [0.29, 0.717) is 18.6 Å². The lowest BCUT2D eigenvalue weighted by molar-refractivity contribution is -0.138. The first kappa shape index (κ1) is 20.9. The predicted molar refractivity (Wildman–Crippen MR) is 114 cm³/mol. The van der Waals surface area contributed by atoms with Crippen molar-refractivity contribution in [1.82, 2.24) is 24.9 Å². The van der Waals surface area contributed by atoms with Crippen LogP contribution in [0.15, 0.2) is 0 Å². The van der Waals surface area contributed by atoms with Crippen molar-refractivity contribution in [2.45, 2.75) is 63.5 Å². The SMILES string of the molecule is CN1CCN(C2CCN(C(=O)C3CCCN(C(=O)NC4CCCC4)C3)CC2)CC1. The van der Waals surface area contributed by atoms with Gasteiger partial charge in [-0.15, -0.1) is 0 Å². The third-order valence-electron chi connectivity index (χ3n) is 7.57. The summed E-state index contributed by atoms with van der Waals surface area (Å²) in [6.45, 7) is 7.75. The summed E-state index contributed by atoms with van der Waals surface area (Å²) in [5.74, 6) is 0.262. The topological polar surface area (TPSA) is 59.1 Å². The van der Waals surface area contributed by atoms with Gasteiger partial charge in [-0.2, -0.15) is 0 Å². The van der Waals surface area contributed by atoms with Crippen LogP contribution in [0.3, 0.4) is 0 Å². The summed E-state index contributed by atoms with van der Waals surface area (Å²) in [4.78, 5) is 34.7. The molecule has 1 atom stereocenters. The first-order valence-corrected chi connectivity index (χ1v) is 11.9. The summed E-state index contributed by atoms with van der Waals surface area (Å²) < 4.78 is 0. The summed E-state index contributed by atoms with van der Waals surface area (Å²) in [5, 5.41) is 3.19. The van der Waals surface area contributed by atoms with E-state index in [1.54, 1.807) is 0 Å². The summed E-state index contributed by atoms with van der Waals surface area (Å²) in [7, 11) is 2.19. The molecule has 4 aliphatic rings. The minimum absolute atomic E-state index is 0.0155. The Labute approximate surface area is 175 Å². The Morgan fingerprint density at radius 2 is 1.45 bits per heavy atom. The summed E-state index contributed by atoms with van der Waals surface area (Å²) in [5.41, 5.74) is 0. The van der Waals surface area contributed by atoms with Crippen LogP contribution in [-0.2, 0) is 4.79 Å². The molecule has 3 aliphatic heterocycles. The molecule has 7 nitrogen and oxygen atoms in total. The number of hydrogen-bond donors (Lipinski definition) is 1. The number of piperazine rings is 1. The Bertz CT molecular complexity index is 564. The van der Waals surface area contributed by atoms with Crippen LogP contribution in [0.5, 0.6) is 0 Å². The predicted octanol–water partition coefficient (Wildman–Crippen LogP) is 1.59. The average Bonchev–Trinajstić information content (AvgIpc) is 3.27. The van der Waals surface area contributed by atoms with E-state index in [-0.39, 0.29) is 17.9 Å². The van der Waals surface area contributed by atoms with Crippen molar-refractivity contribution in [3.63, 3.8) is 0 Å². The number of nitrogens with one attached hydrogen (secondary N) is 1. The van der Waals surface area contributed by atoms with Gasteiger partial charge in [0.15, 0.2) is 0 Å². The van der Waals surface area contributed by atoms with Crippen molar-refractivity contribution in [3.05, 3.63) is 0 Å². The fourth-order valence-corrected chi connectivity index (χ4v) is 5.60. The van der Waals surface area contributed by atoms with E-state index in [0.717, 1.165) is 84.3 Å². The maximum absolute atomic E-state index is 13.1. The van der Waals surface area contributed by atoms with Crippen LogP contribution in [0.4, 0.5) is 4.79 Å². The summed E-state index contributed by atoms with van der Waals surface area (Å²) >= 11 is 0. The lowest BCUT2D eigenvalue weighted by Crippen LogP contribution is -2.55. The number of nitrogens with zero attached hydrogens (tertiary/aromatic N) is 4. The van der Waals surface area contributed by atoms with Crippen LogP contribution in [-0.4, -0.2) is 103 Å². The number of likely N-dealkylation sites (N-methyl/N-ethyl adjacent to an activating group) is 1. The van der Waals surface area contributed by atoms with Gasteiger partial charge in [-0.3, -0.25) is 9.69 Å². The Kier molecular flexibility index (Phi) is 6.96. The fourth-order valence-electron chi connectivity index (χ4n) is 5.60. The van der Waals surface area contributed by atoms with E-state index in [1.807, 2.05) is 4.90 Å². The molecule has 0 aromatic heterocycles. The minimum atomic E-state index is -0.0155. The van der Waals surface area contributed by atoms with Gasteiger partial charge in [0, 0.05) is 64.4 Å². The molecule has 4 rings (SSSR count). The van der Waals surface area contributed by atoms with Crippen LogP contribution < -0.4 is 5.32 Å². The Morgan fingerprint density at radius 1 is 0.759 bits per heavy atom. The van der Waals surface area contributed by atoms with Crippen LogP contribution in [0.25, 0.3) is 0 Å². The van der Waals surface area contributed by atoms with Crippen LogP contribution >= 0.6 is 0 Å². The fraction of sp³-hybridized carbons (Fsp3) is 0.909. The maximum Gasteiger partial charge on any atom is 0.317 e. The van der Waals surface area contributed by atoms with Crippen molar-refractivity contribution < 1.29 is 9.59 Å².